The Bertz CT molecular complexity index is 817. The number of amides is 1. The van der Waals surface area contributed by atoms with Gasteiger partial charge in [-0.05, 0) is 49.9 Å². The number of rotatable bonds is 6. The lowest BCUT2D eigenvalue weighted by molar-refractivity contribution is -0.122. The number of ether oxygens (including phenoxy) is 1. The summed E-state index contributed by atoms with van der Waals surface area (Å²) in [5.74, 6) is 3.54. The van der Waals surface area contributed by atoms with Crippen molar-refractivity contribution < 1.29 is 9.53 Å². The maximum Gasteiger partial charge on any atom is 0.234 e. The van der Waals surface area contributed by atoms with E-state index in [1.807, 2.05) is 24.3 Å². The average Bonchev–Trinajstić information content (AvgIpc) is 3.01. The molecule has 1 unspecified atom stereocenters. The van der Waals surface area contributed by atoms with Gasteiger partial charge in [0.1, 0.15) is 17.4 Å². The summed E-state index contributed by atoms with van der Waals surface area (Å²) in [7, 11) is 1.65. The molecule has 156 valence electrons. The summed E-state index contributed by atoms with van der Waals surface area (Å²) >= 11 is 0. The number of hydrogen-bond acceptors (Lipinski definition) is 5. The van der Waals surface area contributed by atoms with Crippen molar-refractivity contribution in [3.05, 3.63) is 41.5 Å². The fraction of sp³-hybridized carbons (Fsp3) is 0.591. The predicted molar refractivity (Wildman–Crippen MR) is 111 cm³/mol. The van der Waals surface area contributed by atoms with E-state index in [0.29, 0.717) is 19.0 Å². The van der Waals surface area contributed by atoms with Crippen LogP contribution in [-0.4, -0.2) is 52.3 Å². The molecule has 1 atom stereocenters. The van der Waals surface area contributed by atoms with Crippen LogP contribution in [0.15, 0.2) is 24.3 Å². The van der Waals surface area contributed by atoms with Crippen molar-refractivity contribution >= 4 is 5.91 Å². The smallest absolute Gasteiger partial charge is 0.234 e. The summed E-state index contributed by atoms with van der Waals surface area (Å²) in [5.41, 5.74) is 1.07. The lowest BCUT2D eigenvalue weighted by atomic mass is 9.97. The summed E-state index contributed by atoms with van der Waals surface area (Å²) in [5, 5.41) is 12.0. The lowest BCUT2D eigenvalue weighted by Gasteiger charge is -2.31. The van der Waals surface area contributed by atoms with Gasteiger partial charge in [-0.1, -0.05) is 18.6 Å². The van der Waals surface area contributed by atoms with E-state index in [1.165, 1.54) is 19.3 Å². The van der Waals surface area contributed by atoms with Crippen molar-refractivity contribution in [1.82, 2.24) is 25.0 Å². The third kappa shape index (κ3) is 4.96. The van der Waals surface area contributed by atoms with Crippen molar-refractivity contribution in [2.24, 2.45) is 0 Å². The van der Waals surface area contributed by atoms with Gasteiger partial charge in [0.15, 0.2) is 0 Å². The minimum atomic E-state index is 0.0709. The Morgan fingerprint density at radius 2 is 2.00 bits per heavy atom. The van der Waals surface area contributed by atoms with Gasteiger partial charge in [0.25, 0.3) is 0 Å². The van der Waals surface area contributed by atoms with E-state index >= 15 is 0 Å². The summed E-state index contributed by atoms with van der Waals surface area (Å²) in [4.78, 5) is 14.7. The molecule has 1 aromatic heterocycles. The lowest BCUT2D eigenvalue weighted by Crippen LogP contribution is -2.42. The molecule has 0 bridgehead atoms. The van der Waals surface area contributed by atoms with Crippen LogP contribution in [0.4, 0.5) is 0 Å². The van der Waals surface area contributed by atoms with Crippen LogP contribution in [0.25, 0.3) is 0 Å². The highest BCUT2D eigenvalue weighted by Crippen LogP contribution is 2.27. The van der Waals surface area contributed by atoms with Gasteiger partial charge < -0.3 is 14.6 Å². The molecule has 1 amide bonds. The zero-order chi connectivity index (χ0) is 20.1. The van der Waals surface area contributed by atoms with Gasteiger partial charge in [-0.25, -0.2) is 0 Å². The zero-order valence-corrected chi connectivity index (χ0v) is 17.3. The second kappa shape index (κ2) is 9.39. The number of nitrogens with one attached hydrogen (secondary N) is 1. The number of nitrogens with zero attached hydrogens (tertiary/aromatic N) is 4. The number of likely N-dealkylation sites (tertiary alicyclic amines) is 1. The van der Waals surface area contributed by atoms with E-state index in [4.69, 9.17) is 4.74 Å². The zero-order valence-electron chi connectivity index (χ0n) is 17.3. The highest BCUT2D eigenvalue weighted by atomic mass is 16.5. The number of aryl methyl sites for hydroxylation is 1. The van der Waals surface area contributed by atoms with Gasteiger partial charge >= 0.3 is 0 Å². The average molecular weight is 398 g/mol. The molecule has 1 aromatic carbocycles. The van der Waals surface area contributed by atoms with Gasteiger partial charge in [-0.3, -0.25) is 9.69 Å². The molecule has 0 aliphatic carbocycles. The number of fused-ring (bicyclic) bond motifs is 1. The summed E-state index contributed by atoms with van der Waals surface area (Å²) in [6.07, 6.45) is 6.96. The molecular weight excluding hydrogens is 366 g/mol. The number of carbonyl (C=O) groups excluding carboxylic acids is 1. The monoisotopic (exact) mass is 397 g/mol. The highest BCUT2D eigenvalue weighted by molar-refractivity contribution is 5.78. The largest absolute Gasteiger partial charge is 0.497 e. The van der Waals surface area contributed by atoms with Gasteiger partial charge in [-0.2, -0.15) is 0 Å². The third-order valence-electron chi connectivity index (χ3n) is 6.02. The number of carbonyl (C=O) groups is 1. The second-order valence-corrected chi connectivity index (χ2v) is 8.14. The summed E-state index contributed by atoms with van der Waals surface area (Å²) < 4.78 is 7.52. The molecule has 0 saturated carbocycles. The maximum atomic E-state index is 12.5. The fourth-order valence-corrected chi connectivity index (χ4v) is 4.42. The highest BCUT2D eigenvalue weighted by Gasteiger charge is 2.28. The minimum Gasteiger partial charge on any atom is -0.497 e. The van der Waals surface area contributed by atoms with Gasteiger partial charge in [0, 0.05) is 32.0 Å². The van der Waals surface area contributed by atoms with Crippen molar-refractivity contribution in [2.75, 3.05) is 26.7 Å². The number of methoxy groups -OCH3 is 1. The first kappa shape index (κ1) is 19.9. The van der Waals surface area contributed by atoms with Crippen LogP contribution < -0.4 is 10.1 Å². The normalized spacial score (nSPS) is 20.0. The molecule has 1 saturated heterocycles. The summed E-state index contributed by atoms with van der Waals surface area (Å²) in [6, 6.07) is 7.79. The molecule has 1 fully saturated rings. The van der Waals surface area contributed by atoms with Gasteiger partial charge in [0.2, 0.25) is 5.91 Å². The molecular formula is C22H31N5O2. The van der Waals surface area contributed by atoms with E-state index in [2.05, 4.69) is 25.0 Å². The first-order chi connectivity index (χ1) is 14.2. The second-order valence-electron chi connectivity index (χ2n) is 8.14. The van der Waals surface area contributed by atoms with Crippen LogP contribution in [0.3, 0.4) is 0 Å². The first-order valence-corrected chi connectivity index (χ1v) is 10.8. The molecule has 2 aliphatic heterocycles. The fourth-order valence-electron chi connectivity index (χ4n) is 4.42. The van der Waals surface area contributed by atoms with Gasteiger partial charge in [-0.15, -0.1) is 10.2 Å². The Balaban J connectivity index is 1.30. The number of hydrogen-bond donors (Lipinski definition) is 1. The van der Waals surface area contributed by atoms with Crippen molar-refractivity contribution in [3.63, 3.8) is 0 Å². The van der Waals surface area contributed by atoms with Crippen LogP contribution in [0, 0.1) is 0 Å². The predicted octanol–water partition coefficient (Wildman–Crippen LogP) is 2.51. The van der Waals surface area contributed by atoms with Crippen LogP contribution in [0.1, 0.15) is 55.2 Å². The van der Waals surface area contributed by atoms with E-state index in [1.54, 1.807) is 7.11 Å². The Morgan fingerprint density at radius 1 is 1.14 bits per heavy atom. The SMILES string of the molecule is COc1ccc(CNC(=O)CN2CCCC(c3nnc4n3CCCCC4)C2)cc1. The van der Waals surface area contributed by atoms with Crippen molar-refractivity contribution in [3.8, 4) is 5.75 Å². The quantitative estimate of drug-likeness (QED) is 0.811. The van der Waals surface area contributed by atoms with Crippen LogP contribution >= 0.6 is 0 Å². The van der Waals surface area contributed by atoms with Crippen LogP contribution in [0.2, 0.25) is 0 Å². The minimum absolute atomic E-state index is 0.0709. The Labute approximate surface area is 172 Å². The number of benzene rings is 1. The molecule has 3 heterocycles. The van der Waals surface area contributed by atoms with Crippen molar-refractivity contribution in [2.45, 2.75) is 57.5 Å². The molecule has 29 heavy (non-hydrogen) atoms. The molecule has 1 N–H and O–H groups in total. The van der Waals surface area contributed by atoms with E-state index < -0.39 is 0 Å². The molecule has 2 aromatic rings. The molecule has 2 aliphatic rings. The van der Waals surface area contributed by atoms with Crippen LogP contribution in [-0.2, 0) is 24.3 Å². The summed E-state index contributed by atoms with van der Waals surface area (Å²) in [6.45, 7) is 3.86. The Kier molecular flexibility index (Phi) is 6.44. The standard InChI is InChI=1S/C22H31N5O2/c1-29-19-10-8-17(9-11-19)14-23-21(28)16-26-12-5-6-18(15-26)22-25-24-20-7-3-2-4-13-27(20)22/h8-11,18H,2-7,12-16H2,1H3,(H,23,28). The van der Waals surface area contributed by atoms with E-state index in [0.717, 1.165) is 61.9 Å². The van der Waals surface area contributed by atoms with E-state index in [9.17, 15) is 4.79 Å². The maximum absolute atomic E-state index is 12.5. The molecule has 7 nitrogen and oxygen atoms in total. The van der Waals surface area contributed by atoms with Crippen molar-refractivity contribution in [1.29, 1.82) is 0 Å². The first-order valence-electron chi connectivity index (χ1n) is 10.8. The van der Waals surface area contributed by atoms with E-state index in [-0.39, 0.29) is 5.91 Å². The molecule has 7 heteroatoms. The van der Waals surface area contributed by atoms with Gasteiger partial charge in [0.05, 0.1) is 13.7 Å². The topological polar surface area (TPSA) is 72.3 Å². The molecule has 0 radical (unpaired) electrons. The van der Waals surface area contributed by atoms with Crippen LogP contribution in [0.5, 0.6) is 5.75 Å². The third-order valence-corrected chi connectivity index (χ3v) is 6.02. The molecule has 4 rings (SSSR count). The molecule has 0 spiro atoms. The number of piperidine rings is 1. The Morgan fingerprint density at radius 3 is 2.83 bits per heavy atom. The Hall–Kier alpha value is -2.41. The number of aromatic nitrogens is 3.